The van der Waals surface area contributed by atoms with Crippen LogP contribution in [-0.4, -0.2) is 21.1 Å². The van der Waals surface area contributed by atoms with Crippen LogP contribution in [0.3, 0.4) is 0 Å². The Hall–Kier alpha value is 0.199. The van der Waals surface area contributed by atoms with E-state index < -0.39 is 21.1 Å². The molecule has 30 heavy (non-hydrogen) atoms. The van der Waals surface area contributed by atoms with E-state index in [1.807, 2.05) is 11.3 Å². The first kappa shape index (κ1) is 26.5. The van der Waals surface area contributed by atoms with Crippen LogP contribution in [-0.2, 0) is 6.42 Å². The van der Waals surface area contributed by atoms with Crippen LogP contribution in [0.2, 0.25) is 3.43 Å². The van der Waals surface area contributed by atoms with Crippen LogP contribution in [0.1, 0.15) is 116 Å². The minimum absolute atomic E-state index is 0.583. The van der Waals surface area contributed by atoms with E-state index in [0.29, 0.717) is 3.43 Å². The van der Waals surface area contributed by atoms with Crippen molar-refractivity contribution < 1.29 is 0 Å². The van der Waals surface area contributed by atoms with E-state index in [9.17, 15) is 0 Å². The second-order valence-corrected chi connectivity index (χ2v) is 17.5. The zero-order valence-electron chi connectivity index (χ0n) is 20.0. The zero-order valence-corrected chi connectivity index (χ0v) is 24.5. The fraction of sp³-hybridized carbons (Fsp3) is 0.704. The quantitative estimate of drug-likeness (QED) is 0.136. The summed E-state index contributed by atoms with van der Waals surface area (Å²) in [5.41, 5.74) is 0. The van der Waals surface area contributed by atoms with E-state index in [-0.39, 0.29) is 0 Å². The van der Waals surface area contributed by atoms with Gasteiger partial charge in [-0.3, -0.25) is 0 Å². The Morgan fingerprint density at radius 1 is 0.633 bits per heavy atom. The van der Waals surface area contributed by atoms with Crippen molar-refractivity contribution in [3.05, 3.63) is 29.1 Å². The fourth-order valence-corrected chi connectivity index (χ4v) is 13.6. The van der Waals surface area contributed by atoms with Crippen LogP contribution in [0, 0.1) is 0 Å². The molecule has 2 aromatic heterocycles. The average Bonchev–Trinajstić information content (AvgIpc) is 3.41. The van der Waals surface area contributed by atoms with E-state index in [1.165, 1.54) is 99.6 Å². The van der Waals surface area contributed by atoms with Crippen LogP contribution < -0.4 is 2.89 Å². The van der Waals surface area contributed by atoms with Gasteiger partial charge < -0.3 is 0 Å². The van der Waals surface area contributed by atoms with Crippen molar-refractivity contribution in [3.63, 3.8) is 0 Å². The van der Waals surface area contributed by atoms with Crippen molar-refractivity contribution >= 4 is 46.7 Å². The molecule has 3 heteroatoms. The number of unbranched alkanes of at least 4 members (excludes halogenated alkanes) is 6. The van der Waals surface area contributed by atoms with Crippen LogP contribution in [0.25, 0.3) is 9.75 Å². The van der Waals surface area contributed by atoms with Crippen LogP contribution in [0.5, 0.6) is 0 Å². The Labute approximate surface area is 205 Å². The Bertz CT molecular complexity index is 663. The normalized spacial score (nSPS) is 12.0. The third-order valence-corrected chi connectivity index (χ3v) is 14.8. The maximum absolute atomic E-state index is 2.52. The molecule has 0 spiro atoms. The molecule has 2 heterocycles. The second-order valence-electron chi connectivity index (χ2n) is 8.96. The van der Waals surface area contributed by atoms with Gasteiger partial charge in [0.25, 0.3) is 0 Å². The summed E-state index contributed by atoms with van der Waals surface area (Å²) in [5.74, 6) is 0. The molecule has 2 radical (unpaired) electrons. The topological polar surface area (TPSA) is 0 Å². The summed E-state index contributed by atoms with van der Waals surface area (Å²) in [4.78, 5) is 4.63. The van der Waals surface area contributed by atoms with Gasteiger partial charge in [0.1, 0.15) is 0 Å². The average molecular weight is 551 g/mol. The summed E-state index contributed by atoms with van der Waals surface area (Å²) in [7, 11) is 0. The summed E-state index contributed by atoms with van der Waals surface area (Å²) in [5, 5.41) is 0. The van der Waals surface area contributed by atoms with Crippen molar-refractivity contribution in [2.75, 3.05) is 0 Å². The predicted molar refractivity (Wildman–Crippen MR) is 142 cm³/mol. The van der Waals surface area contributed by atoms with Gasteiger partial charge >= 0.3 is 207 Å². The second kappa shape index (κ2) is 15.1. The van der Waals surface area contributed by atoms with E-state index in [2.05, 4.69) is 63.3 Å². The molecule has 0 atom stereocenters. The van der Waals surface area contributed by atoms with Gasteiger partial charge in [0.2, 0.25) is 0 Å². The van der Waals surface area contributed by atoms with Crippen molar-refractivity contribution in [1.82, 2.24) is 0 Å². The van der Waals surface area contributed by atoms with Crippen LogP contribution in [0.15, 0.2) is 24.3 Å². The summed E-state index contributed by atoms with van der Waals surface area (Å²) < 4.78 is 2.49. The molecule has 0 saturated heterocycles. The Morgan fingerprint density at radius 2 is 1.20 bits per heavy atom. The number of thiophene rings is 2. The first-order chi connectivity index (χ1) is 14.7. The molecule has 168 valence electrons. The van der Waals surface area contributed by atoms with E-state index >= 15 is 0 Å². The van der Waals surface area contributed by atoms with Crippen molar-refractivity contribution in [1.29, 1.82) is 0 Å². The molecule has 0 amide bonds. The molecule has 0 fully saturated rings. The number of hydrogen-bond acceptors (Lipinski definition) is 2. The van der Waals surface area contributed by atoms with Gasteiger partial charge in [-0.15, -0.1) is 0 Å². The van der Waals surface area contributed by atoms with Gasteiger partial charge in [-0.25, -0.2) is 0 Å². The fourth-order valence-electron chi connectivity index (χ4n) is 4.28. The molecule has 0 saturated carbocycles. The van der Waals surface area contributed by atoms with Crippen LogP contribution >= 0.6 is 22.7 Å². The SMILES string of the molecule is CCCCCCc1ccc(-c2cc[c]([Sn][C](CCCC)(CCCC)CCCC)s2)s1. The number of hydrogen-bond donors (Lipinski definition) is 0. The molecular weight excluding hydrogens is 507 g/mol. The van der Waals surface area contributed by atoms with Crippen molar-refractivity contribution in [3.8, 4) is 9.75 Å². The Morgan fingerprint density at radius 3 is 1.80 bits per heavy atom. The summed E-state index contributed by atoms with van der Waals surface area (Å²) in [6.07, 6.45) is 19.5. The molecule has 0 bridgehead atoms. The number of aryl methyl sites for hydroxylation is 1. The van der Waals surface area contributed by atoms with E-state index in [1.54, 1.807) is 7.77 Å². The molecule has 0 unspecified atom stereocenters. The molecular formula is C27H44S2Sn. The molecule has 0 N–H and O–H groups in total. The van der Waals surface area contributed by atoms with Crippen molar-refractivity contribution in [2.45, 2.75) is 121 Å². The minimum atomic E-state index is -0.583. The van der Waals surface area contributed by atoms with Gasteiger partial charge in [-0.05, 0) is 0 Å². The molecule has 0 nitrogen and oxygen atoms in total. The first-order valence-electron chi connectivity index (χ1n) is 12.6. The molecule has 2 rings (SSSR count). The van der Waals surface area contributed by atoms with Crippen LogP contribution in [0.4, 0.5) is 0 Å². The first-order valence-corrected chi connectivity index (χ1v) is 17.1. The third-order valence-electron chi connectivity index (χ3n) is 6.20. The zero-order chi connectivity index (χ0) is 21.7. The monoisotopic (exact) mass is 552 g/mol. The van der Waals surface area contributed by atoms with Gasteiger partial charge in [0.05, 0.1) is 0 Å². The summed E-state index contributed by atoms with van der Waals surface area (Å²) in [6, 6.07) is 9.74. The predicted octanol–water partition coefficient (Wildman–Crippen LogP) is 9.66. The summed E-state index contributed by atoms with van der Waals surface area (Å²) in [6.45, 7) is 9.41. The Balaban J connectivity index is 2.06. The van der Waals surface area contributed by atoms with Gasteiger partial charge in [0, 0.05) is 0 Å². The maximum atomic E-state index is 2.52. The number of rotatable bonds is 17. The standard InChI is InChI=1S/C14H17S2.C13H27.Sn/c1-2-3-4-5-7-12-9-10-14(16-12)13-8-6-11-15-13;1-4-7-10-13(11-8-5-2)12-9-6-3;/h6,8-10H,2-5,7H2,1H3;4-12H2,1-3H3;. The molecule has 0 aromatic carbocycles. The van der Waals surface area contributed by atoms with Gasteiger partial charge in [0.15, 0.2) is 0 Å². The van der Waals surface area contributed by atoms with E-state index in [0.717, 1.165) is 0 Å². The van der Waals surface area contributed by atoms with Crippen molar-refractivity contribution in [2.24, 2.45) is 0 Å². The molecule has 0 aliphatic carbocycles. The van der Waals surface area contributed by atoms with E-state index in [4.69, 9.17) is 0 Å². The van der Waals surface area contributed by atoms with Gasteiger partial charge in [-0.2, -0.15) is 0 Å². The molecule has 2 aromatic rings. The summed E-state index contributed by atoms with van der Waals surface area (Å²) >= 11 is 3.61. The van der Waals surface area contributed by atoms with Gasteiger partial charge in [-0.1, -0.05) is 0 Å². The third kappa shape index (κ3) is 8.98. The Kier molecular flexibility index (Phi) is 13.3. The molecule has 0 aliphatic rings. The molecule has 0 aliphatic heterocycles.